The van der Waals surface area contributed by atoms with E-state index in [-0.39, 0.29) is 6.04 Å². The van der Waals surface area contributed by atoms with Crippen molar-refractivity contribution in [2.24, 2.45) is 5.73 Å². The fourth-order valence-electron chi connectivity index (χ4n) is 0.838. The van der Waals surface area contributed by atoms with Crippen LogP contribution in [0.2, 0.25) is 0 Å². The lowest BCUT2D eigenvalue weighted by Gasteiger charge is -2.06. The van der Waals surface area contributed by atoms with Gasteiger partial charge in [0.2, 0.25) is 0 Å². The minimum absolute atomic E-state index is 0.137. The zero-order valence-electron chi connectivity index (χ0n) is 6.14. The first kappa shape index (κ1) is 9.73. The van der Waals surface area contributed by atoms with Crippen molar-refractivity contribution in [3.05, 3.63) is 30.9 Å². The maximum Gasteiger partial charge on any atom is 0.0266 e. The second-order valence-corrected chi connectivity index (χ2v) is 4.98. The second-order valence-electron chi connectivity index (χ2n) is 2.49. The Morgan fingerprint density at radius 2 is 1.64 bits per heavy atom. The Morgan fingerprint density at radius 1 is 1.18 bits per heavy atom. The van der Waals surface area contributed by atoms with Crippen molar-refractivity contribution in [3.63, 3.8) is 0 Å². The van der Waals surface area contributed by atoms with Crippen LogP contribution in [0, 0.1) is 7.14 Å². The Balaban J connectivity index is 3.08. The normalized spacial score (nSPS) is 13.1. The molecule has 0 spiro atoms. The lowest BCUT2D eigenvalue weighted by Crippen LogP contribution is -2.05. The molecule has 0 saturated carbocycles. The highest BCUT2D eigenvalue weighted by Crippen LogP contribution is 2.17. The molecule has 0 amide bonds. The van der Waals surface area contributed by atoms with E-state index in [1.54, 1.807) is 0 Å². The van der Waals surface area contributed by atoms with Gasteiger partial charge >= 0.3 is 0 Å². The predicted molar refractivity (Wildman–Crippen MR) is 64.5 cm³/mol. The van der Waals surface area contributed by atoms with Gasteiger partial charge in [-0.05, 0) is 75.9 Å². The summed E-state index contributed by atoms with van der Waals surface area (Å²) in [4.78, 5) is 0. The largest absolute Gasteiger partial charge is 0.324 e. The molecule has 0 fully saturated rings. The standard InChI is InChI=1S/C8H9I2N/c1-5(11)6-2-7(9)4-8(10)3-6/h2-5H,11H2,1H3/t5-/m1/s1. The summed E-state index contributed by atoms with van der Waals surface area (Å²) in [5.41, 5.74) is 6.95. The first-order chi connectivity index (χ1) is 5.09. The molecule has 0 bridgehead atoms. The van der Waals surface area contributed by atoms with Crippen LogP contribution in [0.5, 0.6) is 0 Å². The molecular formula is C8H9I2N. The third-order valence-electron chi connectivity index (χ3n) is 1.41. The Hall–Kier alpha value is 0.640. The molecule has 0 aromatic heterocycles. The zero-order valence-corrected chi connectivity index (χ0v) is 10.5. The summed E-state index contributed by atoms with van der Waals surface area (Å²) in [5.74, 6) is 0. The SMILES string of the molecule is C[C@@H](N)c1cc(I)cc(I)c1. The quantitative estimate of drug-likeness (QED) is 0.753. The van der Waals surface area contributed by atoms with Crippen LogP contribution in [0.4, 0.5) is 0 Å². The van der Waals surface area contributed by atoms with Crippen LogP contribution >= 0.6 is 45.2 Å². The Bertz CT molecular complexity index is 238. The fraction of sp³-hybridized carbons (Fsp3) is 0.250. The van der Waals surface area contributed by atoms with Crippen molar-refractivity contribution in [2.75, 3.05) is 0 Å². The predicted octanol–water partition coefficient (Wildman–Crippen LogP) is 2.92. The summed E-state index contributed by atoms with van der Waals surface area (Å²) < 4.78 is 2.50. The monoisotopic (exact) mass is 373 g/mol. The van der Waals surface area contributed by atoms with E-state index in [0.29, 0.717) is 0 Å². The smallest absolute Gasteiger partial charge is 0.0266 e. The topological polar surface area (TPSA) is 26.0 Å². The molecule has 1 aromatic rings. The van der Waals surface area contributed by atoms with Gasteiger partial charge in [-0.1, -0.05) is 0 Å². The average Bonchev–Trinajstić information content (AvgIpc) is 1.85. The van der Waals surface area contributed by atoms with Crippen LogP contribution < -0.4 is 5.73 Å². The van der Waals surface area contributed by atoms with E-state index < -0.39 is 0 Å². The molecule has 1 nitrogen and oxygen atoms in total. The minimum Gasteiger partial charge on any atom is -0.324 e. The molecule has 2 N–H and O–H groups in total. The highest BCUT2D eigenvalue weighted by Gasteiger charge is 2.00. The Morgan fingerprint density at radius 3 is 2.00 bits per heavy atom. The lowest BCUT2D eigenvalue weighted by atomic mass is 10.1. The van der Waals surface area contributed by atoms with Gasteiger partial charge < -0.3 is 5.73 Å². The van der Waals surface area contributed by atoms with Gasteiger partial charge in [0.25, 0.3) is 0 Å². The van der Waals surface area contributed by atoms with E-state index in [2.05, 4.69) is 63.4 Å². The Labute approximate surface area is 94.0 Å². The second kappa shape index (κ2) is 4.04. The number of halogens is 2. The molecule has 0 saturated heterocycles. The summed E-state index contributed by atoms with van der Waals surface area (Å²) in [7, 11) is 0. The lowest BCUT2D eigenvalue weighted by molar-refractivity contribution is 0.816. The van der Waals surface area contributed by atoms with Crippen LogP contribution in [0.1, 0.15) is 18.5 Å². The molecule has 11 heavy (non-hydrogen) atoms. The van der Waals surface area contributed by atoms with Crippen LogP contribution in [-0.2, 0) is 0 Å². The summed E-state index contributed by atoms with van der Waals surface area (Å²) >= 11 is 4.61. The molecule has 0 unspecified atom stereocenters. The van der Waals surface area contributed by atoms with E-state index in [9.17, 15) is 0 Å². The highest BCUT2D eigenvalue weighted by atomic mass is 127. The fourth-order valence-corrected chi connectivity index (χ4v) is 2.82. The van der Waals surface area contributed by atoms with E-state index in [1.807, 2.05) is 6.92 Å². The molecule has 0 aliphatic heterocycles. The molecule has 3 heteroatoms. The summed E-state index contributed by atoms with van der Waals surface area (Å²) in [6.07, 6.45) is 0. The molecule has 0 heterocycles. The molecule has 1 rings (SSSR count). The van der Waals surface area contributed by atoms with Crippen molar-refractivity contribution in [2.45, 2.75) is 13.0 Å². The van der Waals surface area contributed by atoms with Crippen molar-refractivity contribution in [1.29, 1.82) is 0 Å². The molecular weight excluding hydrogens is 364 g/mol. The third kappa shape index (κ3) is 2.87. The van der Waals surface area contributed by atoms with Gasteiger partial charge in [-0.2, -0.15) is 0 Å². The van der Waals surface area contributed by atoms with Gasteiger partial charge in [0, 0.05) is 13.2 Å². The van der Waals surface area contributed by atoms with Crippen LogP contribution in [0.3, 0.4) is 0 Å². The third-order valence-corrected chi connectivity index (χ3v) is 2.66. The molecule has 0 aliphatic rings. The van der Waals surface area contributed by atoms with Crippen molar-refractivity contribution in [3.8, 4) is 0 Å². The van der Waals surface area contributed by atoms with Crippen molar-refractivity contribution >= 4 is 45.2 Å². The van der Waals surface area contributed by atoms with Crippen molar-refractivity contribution in [1.82, 2.24) is 0 Å². The van der Waals surface area contributed by atoms with E-state index in [4.69, 9.17) is 5.73 Å². The molecule has 1 atom stereocenters. The van der Waals surface area contributed by atoms with Crippen LogP contribution in [-0.4, -0.2) is 0 Å². The van der Waals surface area contributed by atoms with E-state index in [1.165, 1.54) is 12.7 Å². The van der Waals surface area contributed by atoms with Gasteiger partial charge in [0.15, 0.2) is 0 Å². The van der Waals surface area contributed by atoms with Gasteiger partial charge in [-0.25, -0.2) is 0 Å². The summed E-state index contributed by atoms with van der Waals surface area (Å²) in [6.45, 7) is 2.00. The first-order valence-corrected chi connectivity index (χ1v) is 5.47. The minimum atomic E-state index is 0.137. The van der Waals surface area contributed by atoms with Crippen molar-refractivity contribution < 1.29 is 0 Å². The van der Waals surface area contributed by atoms with Gasteiger partial charge in [0.1, 0.15) is 0 Å². The van der Waals surface area contributed by atoms with E-state index >= 15 is 0 Å². The molecule has 1 aromatic carbocycles. The summed E-state index contributed by atoms with van der Waals surface area (Å²) in [6, 6.07) is 6.51. The number of benzene rings is 1. The number of rotatable bonds is 1. The van der Waals surface area contributed by atoms with Crippen LogP contribution in [0.15, 0.2) is 18.2 Å². The summed E-state index contributed by atoms with van der Waals surface area (Å²) in [5, 5.41) is 0. The molecule has 0 radical (unpaired) electrons. The highest BCUT2D eigenvalue weighted by molar-refractivity contribution is 14.1. The Kier molecular flexibility index (Phi) is 3.57. The number of nitrogens with two attached hydrogens (primary N) is 1. The van der Waals surface area contributed by atoms with Crippen LogP contribution in [0.25, 0.3) is 0 Å². The molecule has 60 valence electrons. The van der Waals surface area contributed by atoms with Gasteiger partial charge in [0.05, 0.1) is 0 Å². The maximum absolute atomic E-state index is 5.74. The first-order valence-electron chi connectivity index (χ1n) is 3.31. The number of hydrogen-bond acceptors (Lipinski definition) is 1. The molecule has 0 aliphatic carbocycles. The number of hydrogen-bond donors (Lipinski definition) is 1. The average molecular weight is 373 g/mol. The van der Waals surface area contributed by atoms with E-state index in [0.717, 1.165) is 0 Å². The zero-order chi connectivity index (χ0) is 8.43. The van der Waals surface area contributed by atoms with Gasteiger partial charge in [-0.3, -0.25) is 0 Å². The maximum atomic E-state index is 5.74. The van der Waals surface area contributed by atoms with Gasteiger partial charge in [-0.15, -0.1) is 0 Å².